The molecule has 1 aliphatic rings. The third kappa shape index (κ3) is 4.41. The summed E-state index contributed by atoms with van der Waals surface area (Å²) in [4.78, 5) is 12.1. The first-order valence-corrected chi connectivity index (χ1v) is 9.77. The average Bonchev–Trinajstić information content (AvgIpc) is 3.09. The average molecular weight is 421 g/mol. The van der Waals surface area contributed by atoms with Crippen molar-refractivity contribution in [3.8, 4) is 23.0 Å². The number of fused-ring (bicyclic) bond motifs is 3. The maximum Gasteiger partial charge on any atom is 0.407 e. The zero-order valence-corrected chi connectivity index (χ0v) is 16.4. The molecule has 3 nitrogen and oxygen atoms in total. The lowest BCUT2D eigenvalue weighted by molar-refractivity contribution is 0.143. The molecule has 0 heterocycles. The number of carbonyl (C=O) groups excluding carboxylic acids is 1. The van der Waals surface area contributed by atoms with Gasteiger partial charge in [-0.15, -0.1) is 0 Å². The monoisotopic (exact) mass is 421 g/mol. The van der Waals surface area contributed by atoms with Gasteiger partial charge in [-0.05, 0) is 34.4 Å². The van der Waals surface area contributed by atoms with Crippen molar-refractivity contribution < 1.29 is 22.7 Å². The number of hydrogen-bond acceptors (Lipinski definition) is 2. The van der Waals surface area contributed by atoms with E-state index in [9.17, 15) is 18.0 Å². The molecule has 0 saturated heterocycles. The fourth-order valence-corrected chi connectivity index (χ4v) is 3.67. The third-order valence-corrected chi connectivity index (χ3v) is 5.08. The molecule has 0 unspecified atom stereocenters. The summed E-state index contributed by atoms with van der Waals surface area (Å²) in [6.07, 6.45) is -0.326. The minimum absolute atomic E-state index is 0.0255. The molecule has 0 saturated carbocycles. The van der Waals surface area contributed by atoms with Crippen LogP contribution in [-0.4, -0.2) is 19.2 Å². The Hall–Kier alpha value is -3.72. The first-order chi connectivity index (χ1) is 15.0. The van der Waals surface area contributed by atoms with Gasteiger partial charge in [-0.2, -0.15) is 0 Å². The van der Waals surface area contributed by atoms with Crippen molar-refractivity contribution in [2.24, 2.45) is 0 Å². The molecule has 156 valence electrons. The van der Waals surface area contributed by atoms with Crippen molar-refractivity contribution >= 4 is 6.09 Å². The predicted octanol–water partition coefficient (Wildman–Crippen LogP) is 5.38. The van der Waals surface area contributed by atoms with Crippen molar-refractivity contribution in [1.82, 2.24) is 5.32 Å². The van der Waals surface area contributed by atoms with Crippen LogP contribution in [0.1, 0.15) is 29.0 Å². The van der Waals surface area contributed by atoms with E-state index in [0.717, 1.165) is 34.4 Å². The standard InChI is InChI=1S/C25H18F3NO2/c26-22-13-16(14-23(27)24(22)28)7-5-6-12-29-25(30)31-15-21-19-10-3-1-8-17(19)18-9-2-4-11-20(18)21/h1-4,8-11,13-14,21H,6,12,15H2,(H,29,30). The Bertz CT molecular complexity index is 1130. The largest absolute Gasteiger partial charge is 0.449 e. The van der Waals surface area contributed by atoms with Crippen LogP contribution in [0.4, 0.5) is 18.0 Å². The highest BCUT2D eigenvalue weighted by Gasteiger charge is 2.28. The molecule has 31 heavy (non-hydrogen) atoms. The zero-order valence-electron chi connectivity index (χ0n) is 16.4. The molecule has 0 aliphatic heterocycles. The SMILES string of the molecule is O=C(NCCC#Cc1cc(F)c(F)c(F)c1)OCC1c2ccccc2-c2ccccc21. The molecule has 1 aliphatic carbocycles. The van der Waals surface area contributed by atoms with Gasteiger partial charge in [0, 0.05) is 24.4 Å². The minimum Gasteiger partial charge on any atom is -0.449 e. The van der Waals surface area contributed by atoms with Crippen LogP contribution in [0.5, 0.6) is 0 Å². The van der Waals surface area contributed by atoms with Crippen molar-refractivity contribution in [2.75, 3.05) is 13.2 Å². The Morgan fingerprint density at radius 2 is 1.52 bits per heavy atom. The Kier molecular flexibility index (Phi) is 5.94. The molecule has 0 bridgehead atoms. The third-order valence-electron chi connectivity index (χ3n) is 5.08. The maximum atomic E-state index is 13.2. The zero-order chi connectivity index (χ0) is 21.8. The minimum atomic E-state index is -1.53. The fraction of sp³-hybridized carbons (Fsp3) is 0.160. The lowest BCUT2D eigenvalue weighted by Gasteiger charge is -2.14. The topological polar surface area (TPSA) is 38.3 Å². The quantitative estimate of drug-likeness (QED) is 0.349. The van der Waals surface area contributed by atoms with Gasteiger partial charge in [0.2, 0.25) is 0 Å². The molecule has 3 aromatic rings. The van der Waals surface area contributed by atoms with E-state index in [1.54, 1.807) is 0 Å². The number of alkyl carbamates (subject to hydrolysis) is 1. The number of amides is 1. The molecule has 1 amide bonds. The summed E-state index contributed by atoms with van der Waals surface area (Å²) >= 11 is 0. The van der Waals surface area contributed by atoms with Gasteiger partial charge in [-0.3, -0.25) is 0 Å². The summed E-state index contributed by atoms with van der Waals surface area (Å²) in [5, 5.41) is 2.60. The van der Waals surface area contributed by atoms with Crippen LogP contribution in [0.2, 0.25) is 0 Å². The van der Waals surface area contributed by atoms with Gasteiger partial charge in [-0.25, -0.2) is 18.0 Å². The van der Waals surface area contributed by atoms with Crippen LogP contribution in [0.3, 0.4) is 0 Å². The maximum absolute atomic E-state index is 13.2. The summed E-state index contributed by atoms with van der Waals surface area (Å²) in [6.45, 7) is 0.412. The molecule has 6 heteroatoms. The van der Waals surface area contributed by atoms with Crippen LogP contribution in [0.15, 0.2) is 60.7 Å². The molecule has 1 N–H and O–H groups in total. The van der Waals surface area contributed by atoms with E-state index in [4.69, 9.17) is 4.74 Å². The second-order valence-corrected chi connectivity index (χ2v) is 7.06. The normalized spacial score (nSPS) is 11.8. The van der Waals surface area contributed by atoms with Gasteiger partial charge in [0.25, 0.3) is 0 Å². The van der Waals surface area contributed by atoms with E-state index in [2.05, 4.69) is 29.3 Å². The van der Waals surface area contributed by atoms with Gasteiger partial charge in [0.15, 0.2) is 17.5 Å². The smallest absolute Gasteiger partial charge is 0.407 e. The molecule has 0 radical (unpaired) electrons. The number of rotatable bonds is 4. The molecule has 0 spiro atoms. The molecule has 0 fully saturated rings. The van der Waals surface area contributed by atoms with Crippen LogP contribution in [0, 0.1) is 29.3 Å². The summed E-state index contributed by atoms with van der Waals surface area (Å²) < 4.78 is 44.7. The van der Waals surface area contributed by atoms with Crippen LogP contribution in [0.25, 0.3) is 11.1 Å². The first kappa shape index (κ1) is 20.5. The van der Waals surface area contributed by atoms with Crippen molar-refractivity contribution in [3.05, 3.63) is 94.8 Å². The Morgan fingerprint density at radius 1 is 0.935 bits per heavy atom. The van der Waals surface area contributed by atoms with Crippen LogP contribution >= 0.6 is 0 Å². The van der Waals surface area contributed by atoms with E-state index in [0.29, 0.717) is 0 Å². The van der Waals surface area contributed by atoms with E-state index >= 15 is 0 Å². The Morgan fingerprint density at radius 3 is 2.13 bits per heavy atom. The second kappa shape index (κ2) is 8.97. The predicted molar refractivity (Wildman–Crippen MR) is 111 cm³/mol. The van der Waals surface area contributed by atoms with E-state index in [-0.39, 0.29) is 31.1 Å². The van der Waals surface area contributed by atoms with Crippen molar-refractivity contribution in [1.29, 1.82) is 0 Å². The number of nitrogens with one attached hydrogen (secondary N) is 1. The molecule has 4 rings (SSSR count). The highest BCUT2D eigenvalue weighted by atomic mass is 19.2. The van der Waals surface area contributed by atoms with E-state index < -0.39 is 23.5 Å². The molecule has 0 aromatic heterocycles. The van der Waals surface area contributed by atoms with Crippen LogP contribution < -0.4 is 5.32 Å². The van der Waals surface area contributed by atoms with Crippen molar-refractivity contribution in [3.63, 3.8) is 0 Å². The van der Waals surface area contributed by atoms with Crippen LogP contribution in [-0.2, 0) is 4.74 Å². The lowest BCUT2D eigenvalue weighted by Crippen LogP contribution is -2.26. The van der Waals surface area contributed by atoms with E-state index in [1.807, 2.05) is 36.4 Å². The number of benzene rings is 3. The fourth-order valence-electron chi connectivity index (χ4n) is 3.67. The summed E-state index contributed by atoms with van der Waals surface area (Å²) in [7, 11) is 0. The van der Waals surface area contributed by atoms with Crippen molar-refractivity contribution in [2.45, 2.75) is 12.3 Å². The lowest BCUT2D eigenvalue weighted by atomic mass is 9.98. The molecular weight excluding hydrogens is 403 g/mol. The summed E-state index contributed by atoms with van der Waals surface area (Å²) in [5.74, 6) is 1.08. The summed E-state index contributed by atoms with van der Waals surface area (Å²) in [5.41, 5.74) is 4.58. The van der Waals surface area contributed by atoms with Gasteiger partial charge in [-0.1, -0.05) is 60.4 Å². The highest BCUT2D eigenvalue weighted by Crippen LogP contribution is 2.44. The molecule has 0 atom stereocenters. The highest BCUT2D eigenvalue weighted by molar-refractivity contribution is 5.79. The summed E-state index contributed by atoms with van der Waals surface area (Å²) in [6, 6.07) is 17.8. The number of hydrogen-bond donors (Lipinski definition) is 1. The van der Waals surface area contributed by atoms with E-state index in [1.165, 1.54) is 0 Å². The number of ether oxygens (including phenoxy) is 1. The number of carbonyl (C=O) groups is 1. The van der Waals surface area contributed by atoms with Gasteiger partial charge >= 0.3 is 6.09 Å². The second-order valence-electron chi connectivity index (χ2n) is 7.06. The Balaban J connectivity index is 1.29. The number of halogens is 3. The molecular formula is C25H18F3NO2. The first-order valence-electron chi connectivity index (χ1n) is 9.77. The molecule has 3 aromatic carbocycles. The Labute approximate surface area is 177 Å². The van der Waals surface area contributed by atoms with Gasteiger partial charge in [0.05, 0.1) is 0 Å². The van der Waals surface area contributed by atoms with Gasteiger partial charge < -0.3 is 10.1 Å². The van der Waals surface area contributed by atoms with Gasteiger partial charge in [0.1, 0.15) is 6.61 Å².